The number of pyridine rings is 4. The lowest BCUT2D eigenvalue weighted by molar-refractivity contribution is 0.0777. The smallest absolute Gasteiger partial charge is 0.274 e. The van der Waals surface area contributed by atoms with Gasteiger partial charge >= 0.3 is 0 Å². The normalized spacial score (nSPS) is 11.1. The Balaban J connectivity index is 0.000000236. The Kier molecular flexibility index (Phi) is 12.0. The van der Waals surface area contributed by atoms with E-state index in [0.29, 0.717) is 27.4 Å². The van der Waals surface area contributed by atoms with Crippen LogP contribution in [0.4, 0.5) is 17.3 Å². The summed E-state index contributed by atoms with van der Waals surface area (Å²) >= 11 is 9.74. The molecule has 4 aromatic heterocycles. The minimum atomic E-state index is -0.933. The highest BCUT2D eigenvalue weighted by atomic mass is 79.9. The number of nitrogens with zero attached hydrogens (tertiary/aromatic N) is 4. The summed E-state index contributed by atoms with van der Waals surface area (Å²) < 4.78 is 5.26. The minimum Gasteiger partial charge on any atom is -0.386 e. The van der Waals surface area contributed by atoms with Crippen molar-refractivity contribution >= 4 is 65.1 Å². The van der Waals surface area contributed by atoms with Gasteiger partial charge in [0.15, 0.2) is 0 Å². The molecule has 0 amide bonds. The molecule has 10 nitrogen and oxygen atoms in total. The van der Waals surface area contributed by atoms with E-state index in [9.17, 15) is 19.8 Å². The summed E-state index contributed by atoms with van der Waals surface area (Å²) in [5, 5.41) is 22.3. The zero-order chi connectivity index (χ0) is 31.1. The van der Waals surface area contributed by atoms with Crippen LogP contribution < -0.4 is 22.2 Å². The van der Waals surface area contributed by atoms with E-state index < -0.39 is 11.2 Å². The molecule has 0 aliphatic carbocycles. The van der Waals surface area contributed by atoms with Crippen molar-refractivity contribution in [2.24, 2.45) is 14.1 Å². The quantitative estimate of drug-likeness (QED) is 0.219. The third-order valence-electron chi connectivity index (χ3n) is 5.48. The average Bonchev–Trinajstić information content (AvgIpc) is 2.86. The van der Waals surface area contributed by atoms with Crippen molar-refractivity contribution < 1.29 is 10.2 Å². The predicted molar refractivity (Wildman–Crippen MR) is 173 cm³/mol. The number of aryl methyl sites for hydroxylation is 2. The Labute approximate surface area is 263 Å². The molecule has 41 heavy (non-hydrogen) atoms. The highest BCUT2D eigenvalue weighted by Crippen LogP contribution is 2.21. The molecule has 220 valence electrons. The second kappa shape index (κ2) is 14.4. The molecule has 0 fully saturated rings. The molecule has 0 unspecified atom stereocenters. The Morgan fingerprint density at radius 2 is 1.27 bits per heavy atom. The zero-order valence-corrected chi connectivity index (χ0v) is 28.2. The van der Waals surface area contributed by atoms with Gasteiger partial charge in [-0.15, -0.1) is 0 Å². The number of halogens is 3. The molecule has 0 aliphatic heterocycles. The van der Waals surface area contributed by atoms with Crippen molar-refractivity contribution in [3.63, 3.8) is 0 Å². The van der Waals surface area contributed by atoms with Crippen LogP contribution in [0.5, 0.6) is 0 Å². The number of rotatable bonds is 4. The number of aliphatic hydroxyl groups is 2. The number of anilines is 3. The molecule has 0 saturated heterocycles. The van der Waals surface area contributed by atoms with Crippen molar-refractivity contribution in [2.75, 3.05) is 11.1 Å². The van der Waals surface area contributed by atoms with E-state index in [4.69, 9.17) is 5.73 Å². The molecule has 0 bridgehead atoms. The van der Waals surface area contributed by atoms with Crippen LogP contribution in [0.3, 0.4) is 0 Å². The lowest BCUT2D eigenvalue weighted by Crippen LogP contribution is -2.19. The fraction of sp³-hybridized carbons (Fsp3) is 0.286. The van der Waals surface area contributed by atoms with Gasteiger partial charge in [-0.2, -0.15) is 0 Å². The van der Waals surface area contributed by atoms with E-state index in [1.807, 2.05) is 0 Å². The van der Waals surface area contributed by atoms with Gasteiger partial charge in [-0.25, -0.2) is 9.97 Å². The largest absolute Gasteiger partial charge is 0.386 e. The summed E-state index contributed by atoms with van der Waals surface area (Å²) in [4.78, 5) is 31.0. The summed E-state index contributed by atoms with van der Waals surface area (Å²) in [6, 6.07) is 10.4. The molecule has 4 rings (SSSR count). The minimum absolute atomic E-state index is 0.0248. The lowest BCUT2D eigenvalue weighted by Gasteiger charge is -2.17. The molecule has 4 heterocycles. The van der Waals surface area contributed by atoms with Crippen molar-refractivity contribution in [3.8, 4) is 0 Å². The number of nitrogens with one attached hydrogen (secondary N) is 1. The summed E-state index contributed by atoms with van der Waals surface area (Å²) in [5.41, 5.74) is 5.37. The van der Waals surface area contributed by atoms with E-state index in [0.717, 1.165) is 14.5 Å². The van der Waals surface area contributed by atoms with Crippen LogP contribution in [-0.4, -0.2) is 29.3 Å². The molecule has 0 spiro atoms. The van der Waals surface area contributed by atoms with Crippen molar-refractivity contribution in [1.29, 1.82) is 0 Å². The monoisotopic (exact) mass is 754 g/mol. The Morgan fingerprint density at radius 1 is 0.780 bits per heavy atom. The SMILES string of the molecule is CC(C)(O)c1ccc(N)nc1.Cn1cc(Br)cc(Br)c1=O.Cn1cc(Br)cc(Nc2ccc(C(C)(C)O)cn2)c1=O. The molecular weight excluding hydrogens is 724 g/mol. The maximum Gasteiger partial charge on any atom is 0.274 e. The van der Waals surface area contributed by atoms with Gasteiger partial charge in [-0.1, -0.05) is 12.1 Å². The third-order valence-corrected chi connectivity index (χ3v) is 6.92. The van der Waals surface area contributed by atoms with Crippen molar-refractivity contribution in [3.05, 3.63) is 106 Å². The first-order valence-electron chi connectivity index (χ1n) is 12.2. The number of hydrogen-bond donors (Lipinski definition) is 4. The first kappa shape index (κ1) is 34.4. The highest BCUT2D eigenvalue weighted by molar-refractivity contribution is 9.11. The van der Waals surface area contributed by atoms with Gasteiger partial charge in [0.05, 0.1) is 15.7 Å². The van der Waals surface area contributed by atoms with E-state index in [1.165, 1.54) is 9.13 Å². The van der Waals surface area contributed by atoms with Crippen LogP contribution in [-0.2, 0) is 25.3 Å². The Morgan fingerprint density at radius 3 is 1.71 bits per heavy atom. The Bertz CT molecular complexity index is 1550. The van der Waals surface area contributed by atoms with E-state index in [1.54, 1.807) is 103 Å². The van der Waals surface area contributed by atoms with Gasteiger partial charge in [0, 0.05) is 59.0 Å². The highest BCUT2D eigenvalue weighted by Gasteiger charge is 2.16. The topological polar surface area (TPSA) is 148 Å². The fourth-order valence-electron chi connectivity index (χ4n) is 3.13. The van der Waals surface area contributed by atoms with Crippen molar-refractivity contribution in [1.82, 2.24) is 19.1 Å². The maximum atomic E-state index is 12.0. The second-order valence-corrected chi connectivity index (χ2v) is 12.7. The molecule has 0 aromatic carbocycles. The van der Waals surface area contributed by atoms with Crippen LogP contribution in [0, 0.1) is 0 Å². The van der Waals surface area contributed by atoms with Crippen LogP contribution in [0.2, 0.25) is 0 Å². The average molecular weight is 757 g/mol. The lowest BCUT2D eigenvalue weighted by atomic mass is 10.0. The molecule has 13 heteroatoms. The Hall–Kier alpha value is -2.84. The van der Waals surface area contributed by atoms with Gasteiger partial charge in [-0.3, -0.25) is 9.59 Å². The van der Waals surface area contributed by atoms with Gasteiger partial charge in [0.2, 0.25) is 0 Å². The van der Waals surface area contributed by atoms with Gasteiger partial charge in [0.1, 0.15) is 17.3 Å². The summed E-state index contributed by atoms with van der Waals surface area (Å²) in [7, 11) is 3.39. The number of hydrogen-bond acceptors (Lipinski definition) is 8. The molecule has 0 radical (unpaired) electrons. The fourth-order valence-corrected chi connectivity index (χ4v) is 5.03. The molecule has 0 atom stereocenters. The molecule has 0 aliphatic rings. The summed E-state index contributed by atoms with van der Waals surface area (Å²) in [6.07, 6.45) is 6.57. The molecule has 0 saturated carbocycles. The van der Waals surface area contributed by atoms with Gasteiger partial charge < -0.3 is 30.4 Å². The number of nitrogens with two attached hydrogens (primary N) is 1. The summed E-state index contributed by atoms with van der Waals surface area (Å²) in [6.45, 7) is 6.81. The van der Waals surface area contributed by atoms with Gasteiger partial charge in [-0.05, 0) is 99.8 Å². The summed E-state index contributed by atoms with van der Waals surface area (Å²) in [5.74, 6) is 1.02. The van der Waals surface area contributed by atoms with E-state index in [-0.39, 0.29) is 11.1 Å². The van der Waals surface area contributed by atoms with Crippen LogP contribution >= 0.6 is 47.8 Å². The van der Waals surface area contributed by atoms with E-state index >= 15 is 0 Å². The van der Waals surface area contributed by atoms with Crippen LogP contribution in [0.15, 0.2) is 84.2 Å². The predicted octanol–water partition coefficient (Wildman–Crippen LogP) is 5.32. The molecule has 4 aromatic rings. The second-order valence-electron chi connectivity index (χ2n) is 10.1. The van der Waals surface area contributed by atoms with E-state index in [2.05, 4.69) is 63.1 Å². The molecular formula is C28H33Br3N6O4. The molecule has 5 N–H and O–H groups in total. The first-order chi connectivity index (χ1) is 18.9. The van der Waals surface area contributed by atoms with Crippen LogP contribution in [0.1, 0.15) is 38.8 Å². The first-order valence-corrected chi connectivity index (χ1v) is 14.5. The van der Waals surface area contributed by atoms with Crippen molar-refractivity contribution in [2.45, 2.75) is 38.9 Å². The third kappa shape index (κ3) is 10.8. The van der Waals surface area contributed by atoms with Crippen LogP contribution in [0.25, 0.3) is 0 Å². The number of aromatic nitrogens is 4. The number of nitrogen functional groups attached to an aromatic ring is 1. The zero-order valence-electron chi connectivity index (χ0n) is 23.5. The standard InChI is InChI=1S/C14H16BrN3O2.C8H12N2O.C6H5Br2NO/c1-14(2,20)9-4-5-12(16-7-9)17-11-6-10(15)8-18(3)13(11)19;1-8(2,11)6-3-4-7(9)10-5-6;1-9-3-4(7)2-5(8)6(9)10/h4-8,20H,1-3H3,(H,16,17);3-5,11H,1-2H3,(H2,9,10);2-3H,1H3. The van der Waals surface area contributed by atoms with Gasteiger partial charge in [0.25, 0.3) is 11.1 Å². The maximum absolute atomic E-state index is 12.0.